The van der Waals surface area contributed by atoms with Crippen LogP contribution in [0.2, 0.25) is 5.02 Å². The lowest BCUT2D eigenvalue weighted by molar-refractivity contribution is -0.154. The van der Waals surface area contributed by atoms with Crippen molar-refractivity contribution in [3.05, 3.63) is 28.5 Å². The first-order valence-corrected chi connectivity index (χ1v) is 5.15. The molecule has 1 rings (SSSR count). The van der Waals surface area contributed by atoms with E-state index in [0.29, 0.717) is 0 Å². The lowest BCUT2D eigenvalue weighted by Crippen LogP contribution is -2.25. The predicted octanol–water partition coefficient (Wildman–Crippen LogP) is 1.04. The zero-order valence-corrected chi connectivity index (χ0v) is 10.4. The average Bonchev–Trinajstić information content (AvgIpc) is 2.40. The first-order valence-electron chi connectivity index (χ1n) is 4.77. The molecule has 0 spiro atoms. The van der Waals surface area contributed by atoms with Gasteiger partial charge in [-0.05, 0) is 12.1 Å². The van der Waals surface area contributed by atoms with Crippen molar-refractivity contribution in [1.29, 1.82) is 5.26 Å². The Hall–Kier alpha value is -2.13. The molecule has 0 amide bonds. The molecule has 0 saturated heterocycles. The zero-order valence-electron chi connectivity index (χ0n) is 9.64. The van der Waals surface area contributed by atoms with E-state index >= 15 is 0 Å². The lowest BCUT2D eigenvalue weighted by Gasteiger charge is -2.12. The highest BCUT2D eigenvalue weighted by molar-refractivity contribution is 6.31. The molecule has 0 saturated carbocycles. The minimum absolute atomic E-state index is 0.0506. The van der Waals surface area contributed by atoms with Crippen molar-refractivity contribution in [2.75, 3.05) is 14.2 Å². The van der Waals surface area contributed by atoms with Gasteiger partial charge in [-0.15, -0.1) is 0 Å². The summed E-state index contributed by atoms with van der Waals surface area (Å²) in [4.78, 5) is 26.9. The molecule has 0 aromatic carbocycles. The number of methoxy groups -OCH3 is 2. The lowest BCUT2D eigenvalue weighted by atomic mass is 10.1. The zero-order chi connectivity index (χ0) is 13.7. The number of carbonyl (C=O) groups excluding carboxylic acids is 2. The predicted molar refractivity (Wildman–Crippen MR) is 60.7 cm³/mol. The first kappa shape index (κ1) is 13.9. The number of hydrogen-bond donors (Lipinski definition) is 0. The minimum Gasteiger partial charge on any atom is -0.468 e. The molecule has 7 heteroatoms. The summed E-state index contributed by atoms with van der Waals surface area (Å²) < 4.78 is 9.00. The molecule has 0 aliphatic carbocycles. The van der Waals surface area contributed by atoms with E-state index in [1.807, 2.05) is 0 Å². The summed E-state index contributed by atoms with van der Waals surface area (Å²) in [5.74, 6) is -2.97. The van der Waals surface area contributed by atoms with E-state index in [1.54, 1.807) is 6.07 Å². The highest BCUT2D eigenvalue weighted by Gasteiger charge is 2.32. The van der Waals surface area contributed by atoms with Crippen LogP contribution in [0.25, 0.3) is 0 Å². The molecule has 0 atom stereocenters. The van der Waals surface area contributed by atoms with Crippen LogP contribution in [-0.2, 0) is 19.1 Å². The standard InChI is InChI=1S/C11H9ClN2O4/c1-17-10(15)9(11(16)18-2)7-4-3-6(12)8(5-13)14-7/h3-4,9H,1-2H3. The molecule has 0 unspecified atom stereocenters. The summed E-state index contributed by atoms with van der Waals surface area (Å²) >= 11 is 5.71. The fraction of sp³-hybridized carbons (Fsp3) is 0.273. The summed E-state index contributed by atoms with van der Waals surface area (Å²) in [5, 5.41) is 8.92. The molecule has 0 fully saturated rings. The van der Waals surface area contributed by atoms with Gasteiger partial charge >= 0.3 is 11.9 Å². The molecule has 1 aromatic rings. The number of nitriles is 1. The van der Waals surface area contributed by atoms with Gasteiger partial charge in [0.25, 0.3) is 0 Å². The maximum absolute atomic E-state index is 11.5. The Morgan fingerprint density at radius 2 is 1.89 bits per heavy atom. The molecular weight excluding hydrogens is 260 g/mol. The van der Waals surface area contributed by atoms with Gasteiger partial charge < -0.3 is 9.47 Å². The molecular formula is C11H9ClN2O4. The smallest absolute Gasteiger partial charge is 0.326 e. The summed E-state index contributed by atoms with van der Waals surface area (Å²) in [6, 6.07) is 4.50. The van der Waals surface area contributed by atoms with Crippen molar-refractivity contribution in [3.63, 3.8) is 0 Å². The second-order valence-corrected chi connectivity index (χ2v) is 3.56. The Bertz CT molecular complexity index is 508. The van der Waals surface area contributed by atoms with Gasteiger partial charge in [0.2, 0.25) is 0 Å². The van der Waals surface area contributed by atoms with Crippen molar-refractivity contribution in [1.82, 2.24) is 4.98 Å². The molecule has 0 aliphatic rings. The van der Waals surface area contributed by atoms with Crippen LogP contribution in [0.15, 0.2) is 12.1 Å². The number of pyridine rings is 1. The Morgan fingerprint density at radius 3 is 2.33 bits per heavy atom. The SMILES string of the molecule is COC(=O)C(C(=O)OC)c1ccc(Cl)c(C#N)n1. The topological polar surface area (TPSA) is 89.3 Å². The van der Waals surface area contributed by atoms with E-state index < -0.39 is 17.9 Å². The van der Waals surface area contributed by atoms with Gasteiger partial charge in [0, 0.05) is 0 Å². The average molecular weight is 269 g/mol. The summed E-state index contributed by atoms with van der Waals surface area (Å²) in [6.45, 7) is 0. The van der Waals surface area contributed by atoms with E-state index in [0.717, 1.165) is 14.2 Å². The number of aromatic nitrogens is 1. The van der Waals surface area contributed by atoms with Gasteiger partial charge in [-0.3, -0.25) is 9.59 Å². The molecule has 94 valence electrons. The quantitative estimate of drug-likeness (QED) is 0.601. The number of ether oxygens (including phenoxy) is 2. The van der Waals surface area contributed by atoms with Gasteiger partial charge in [-0.25, -0.2) is 4.98 Å². The van der Waals surface area contributed by atoms with Gasteiger partial charge in [-0.2, -0.15) is 5.26 Å². The second-order valence-electron chi connectivity index (χ2n) is 3.16. The molecule has 0 N–H and O–H groups in total. The number of carbonyl (C=O) groups is 2. The normalized spacial score (nSPS) is 9.72. The maximum atomic E-state index is 11.5. The van der Waals surface area contributed by atoms with E-state index in [9.17, 15) is 9.59 Å². The third-order valence-electron chi connectivity index (χ3n) is 2.14. The summed E-state index contributed by atoms with van der Waals surface area (Å²) in [7, 11) is 2.28. The van der Waals surface area contributed by atoms with Crippen LogP contribution in [0.1, 0.15) is 17.3 Å². The van der Waals surface area contributed by atoms with E-state index in [2.05, 4.69) is 14.5 Å². The van der Waals surface area contributed by atoms with Crippen LogP contribution >= 0.6 is 11.6 Å². The minimum atomic E-state index is -1.33. The maximum Gasteiger partial charge on any atom is 0.326 e. The molecule has 0 bridgehead atoms. The van der Waals surface area contributed by atoms with Crippen molar-refractivity contribution >= 4 is 23.5 Å². The number of nitrogens with zero attached hydrogens (tertiary/aromatic N) is 2. The summed E-state index contributed by atoms with van der Waals surface area (Å²) in [6.07, 6.45) is 0. The third kappa shape index (κ3) is 2.76. The van der Waals surface area contributed by atoms with E-state index in [4.69, 9.17) is 16.9 Å². The number of esters is 2. The number of halogens is 1. The van der Waals surface area contributed by atoms with Crippen LogP contribution in [0.3, 0.4) is 0 Å². The monoisotopic (exact) mass is 268 g/mol. The molecule has 18 heavy (non-hydrogen) atoms. The van der Waals surface area contributed by atoms with Crippen LogP contribution < -0.4 is 0 Å². The molecule has 0 aliphatic heterocycles. The molecule has 1 aromatic heterocycles. The van der Waals surface area contributed by atoms with Gasteiger partial charge in [0.05, 0.1) is 24.9 Å². The highest BCUT2D eigenvalue weighted by Crippen LogP contribution is 2.21. The fourth-order valence-electron chi connectivity index (χ4n) is 1.27. The number of rotatable bonds is 3. The van der Waals surface area contributed by atoms with Crippen LogP contribution in [0, 0.1) is 11.3 Å². The van der Waals surface area contributed by atoms with Crippen LogP contribution in [0.5, 0.6) is 0 Å². The van der Waals surface area contributed by atoms with Crippen molar-refractivity contribution < 1.29 is 19.1 Å². The van der Waals surface area contributed by atoms with Crippen LogP contribution in [-0.4, -0.2) is 31.1 Å². The molecule has 6 nitrogen and oxygen atoms in total. The Morgan fingerprint density at radius 1 is 1.33 bits per heavy atom. The van der Waals surface area contributed by atoms with Crippen LogP contribution in [0.4, 0.5) is 0 Å². The molecule has 1 heterocycles. The fourth-order valence-corrected chi connectivity index (χ4v) is 1.42. The highest BCUT2D eigenvalue weighted by atomic mass is 35.5. The van der Waals surface area contributed by atoms with Crippen molar-refractivity contribution in [2.45, 2.75) is 5.92 Å². The van der Waals surface area contributed by atoms with E-state index in [-0.39, 0.29) is 16.4 Å². The van der Waals surface area contributed by atoms with Gasteiger partial charge in [0.1, 0.15) is 6.07 Å². The number of hydrogen-bond acceptors (Lipinski definition) is 6. The Balaban J connectivity index is 3.26. The second kappa shape index (κ2) is 5.98. The van der Waals surface area contributed by atoms with Crippen molar-refractivity contribution in [3.8, 4) is 6.07 Å². The summed E-state index contributed by atoms with van der Waals surface area (Å²) in [5.41, 5.74) is -0.0263. The van der Waals surface area contributed by atoms with Crippen molar-refractivity contribution in [2.24, 2.45) is 0 Å². The van der Waals surface area contributed by atoms with Gasteiger partial charge in [0.15, 0.2) is 11.6 Å². The van der Waals surface area contributed by atoms with Gasteiger partial charge in [-0.1, -0.05) is 11.6 Å². The first-order chi connectivity index (χ1) is 8.54. The third-order valence-corrected chi connectivity index (χ3v) is 2.45. The largest absolute Gasteiger partial charge is 0.468 e. The van der Waals surface area contributed by atoms with E-state index in [1.165, 1.54) is 12.1 Å². The Kier molecular flexibility index (Phi) is 4.63. The Labute approximate surface area is 108 Å². The molecule has 0 radical (unpaired) electrons.